The van der Waals surface area contributed by atoms with Crippen molar-refractivity contribution in [2.24, 2.45) is 11.7 Å². The Kier molecular flexibility index (Phi) is 5.05. The first kappa shape index (κ1) is 15.3. The molecule has 1 heterocycles. The Morgan fingerprint density at radius 1 is 1.50 bits per heavy atom. The highest BCUT2D eigenvalue weighted by atomic mass is 79.9. The lowest BCUT2D eigenvalue weighted by Crippen LogP contribution is -2.35. The van der Waals surface area contributed by atoms with Crippen molar-refractivity contribution in [1.29, 1.82) is 0 Å². The predicted molar refractivity (Wildman–Crippen MR) is 83.5 cm³/mol. The molecule has 110 valence electrons. The number of piperidine rings is 1. The standard InChI is InChI=1S/C15H21BrN2O2/c1-10(19)13-3-2-12(9-14(13)16)18-6-4-11(5-7-18)8-15(17)20/h2-3,9-11,19H,4-8H2,1H3,(H2,17,20)/t10-/m0/s1. The maximum absolute atomic E-state index is 10.9. The molecule has 1 aliphatic heterocycles. The van der Waals surface area contributed by atoms with Crippen LogP contribution in [0.3, 0.4) is 0 Å². The fraction of sp³-hybridized carbons (Fsp3) is 0.533. The summed E-state index contributed by atoms with van der Waals surface area (Å²) >= 11 is 3.51. The van der Waals surface area contributed by atoms with Crippen LogP contribution in [0.15, 0.2) is 22.7 Å². The average Bonchev–Trinajstić information content (AvgIpc) is 2.38. The van der Waals surface area contributed by atoms with Gasteiger partial charge in [-0.1, -0.05) is 22.0 Å². The van der Waals surface area contributed by atoms with Crippen molar-refractivity contribution in [2.45, 2.75) is 32.3 Å². The number of hydrogen-bond donors (Lipinski definition) is 2. The van der Waals surface area contributed by atoms with E-state index in [2.05, 4.69) is 26.9 Å². The van der Waals surface area contributed by atoms with Crippen molar-refractivity contribution >= 4 is 27.5 Å². The molecule has 1 aliphatic rings. The second-order valence-electron chi connectivity index (χ2n) is 5.48. The van der Waals surface area contributed by atoms with E-state index in [0.717, 1.165) is 41.7 Å². The molecule has 0 unspecified atom stereocenters. The largest absolute Gasteiger partial charge is 0.389 e. The van der Waals surface area contributed by atoms with E-state index in [0.29, 0.717) is 12.3 Å². The van der Waals surface area contributed by atoms with Crippen LogP contribution >= 0.6 is 15.9 Å². The first-order valence-electron chi connectivity index (χ1n) is 6.98. The molecule has 3 N–H and O–H groups in total. The normalized spacial score (nSPS) is 18.1. The van der Waals surface area contributed by atoms with E-state index in [1.54, 1.807) is 6.92 Å². The van der Waals surface area contributed by atoms with Gasteiger partial charge in [0, 0.05) is 29.7 Å². The van der Waals surface area contributed by atoms with Crippen LogP contribution in [0.5, 0.6) is 0 Å². The van der Waals surface area contributed by atoms with Crippen molar-refractivity contribution in [3.63, 3.8) is 0 Å². The number of amides is 1. The van der Waals surface area contributed by atoms with E-state index in [1.807, 2.05) is 12.1 Å². The van der Waals surface area contributed by atoms with Gasteiger partial charge in [0.15, 0.2) is 0 Å². The van der Waals surface area contributed by atoms with Crippen LogP contribution in [0.1, 0.15) is 37.9 Å². The first-order chi connectivity index (χ1) is 9.47. The van der Waals surface area contributed by atoms with Crippen molar-refractivity contribution in [2.75, 3.05) is 18.0 Å². The zero-order chi connectivity index (χ0) is 14.7. The molecule has 1 saturated heterocycles. The Morgan fingerprint density at radius 2 is 2.15 bits per heavy atom. The molecular formula is C15H21BrN2O2. The van der Waals surface area contributed by atoms with Crippen LogP contribution in [0.2, 0.25) is 0 Å². The van der Waals surface area contributed by atoms with Gasteiger partial charge in [-0.3, -0.25) is 4.79 Å². The average molecular weight is 341 g/mol. The summed E-state index contributed by atoms with van der Waals surface area (Å²) in [6, 6.07) is 6.05. The number of aliphatic hydroxyl groups is 1. The molecule has 1 atom stereocenters. The zero-order valence-corrected chi connectivity index (χ0v) is 13.3. The van der Waals surface area contributed by atoms with E-state index in [9.17, 15) is 9.90 Å². The number of hydrogen-bond acceptors (Lipinski definition) is 3. The SMILES string of the molecule is C[C@H](O)c1ccc(N2CCC(CC(N)=O)CC2)cc1Br. The lowest BCUT2D eigenvalue weighted by atomic mass is 9.93. The molecule has 0 aromatic heterocycles. The Morgan fingerprint density at radius 3 is 2.65 bits per heavy atom. The zero-order valence-electron chi connectivity index (χ0n) is 11.7. The summed E-state index contributed by atoms with van der Waals surface area (Å²) in [5, 5.41) is 9.64. The lowest BCUT2D eigenvalue weighted by molar-refractivity contribution is -0.119. The highest BCUT2D eigenvalue weighted by Gasteiger charge is 2.21. The van der Waals surface area contributed by atoms with Crippen LogP contribution in [-0.2, 0) is 4.79 Å². The van der Waals surface area contributed by atoms with E-state index in [4.69, 9.17) is 5.73 Å². The third-order valence-corrected chi connectivity index (χ3v) is 4.59. The number of carbonyl (C=O) groups is 1. The number of aliphatic hydroxyl groups excluding tert-OH is 1. The molecule has 1 aromatic rings. The Labute approximate surface area is 128 Å². The predicted octanol–water partition coefficient (Wildman–Crippen LogP) is 2.59. The van der Waals surface area contributed by atoms with Crippen LogP contribution in [0, 0.1) is 5.92 Å². The number of anilines is 1. The van der Waals surface area contributed by atoms with E-state index < -0.39 is 6.10 Å². The second-order valence-corrected chi connectivity index (χ2v) is 6.34. The molecule has 0 aliphatic carbocycles. The van der Waals surface area contributed by atoms with Gasteiger partial charge in [0.2, 0.25) is 5.91 Å². The maximum atomic E-state index is 10.9. The number of nitrogens with two attached hydrogens (primary N) is 1. The molecule has 2 rings (SSSR count). The summed E-state index contributed by atoms with van der Waals surface area (Å²) in [7, 11) is 0. The third kappa shape index (κ3) is 3.73. The quantitative estimate of drug-likeness (QED) is 0.885. The molecule has 4 nitrogen and oxygen atoms in total. The minimum atomic E-state index is -0.472. The Balaban J connectivity index is 2.00. The van der Waals surface area contributed by atoms with Gasteiger partial charge in [-0.2, -0.15) is 0 Å². The summed E-state index contributed by atoms with van der Waals surface area (Å²) < 4.78 is 0.934. The van der Waals surface area contributed by atoms with Gasteiger partial charge in [-0.15, -0.1) is 0 Å². The van der Waals surface area contributed by atoms with E-state index in [-0.39, 0.29) is 5.91 Å². The van der Waals surface area contributed by atoms with Gasteiger partial charge < -0.3 is 15.7 Å². The molecule has 1 amide bonds. The molecule has 1 fully saturated rings. The van der Waals surface area contributed by atoms with Gasteiger partial charge in [-0.05, 0) is 43.4 Å². The highest BCUT2D eigenvalue weighted by Crippen LogP contribution is 2.31. The summed E-state index contributed by atoms with van der Waals surface area (Å²) in [4.78, 5) is 13.3. The highest BCUT2D eigenvalue weighted by molar-refractivity contribution is 9.10. The molecule has 0 bridgehead atoms. The molecule has 1 aromatic carbocycles. The van der Waals surface area contributed by atoms with Gasteiger partial charge in [0.05, 0.1) is 6.10 Å². The van der Waals surface area contributed by atoms with Crippen molar-refractivity contribution in [3.05, 3.63) is 28.2 Å². The number of halogens is 1. The molecular weight excluding hydrogens is 320 g/mol. The summed E-state index contributed by atoms with van der Waals surface area (Å²) in [6.07, 6.45) is 2.02. The minimum Gasteiger partial charge on any atom is -0.389 e. The molecule has 0 spiro atoms. The monoisotopic (exact) mass is 340 g/mol. The van der Waals surface area contributed by atoms with E-state index in [1.165, 1.54) is 0 Å². The number of rotatable bonds is 4. The van der Waals surface area contributed by atoms with Gasteiger partial charge in [0.1, 0.15) is 0 Å². The van der Waals surface area contributed by atoms with Crippen LogP contribution < -0.4 is 10.6 Å². The smallest absolute Gasteiger partial charge is 0.217 e. The van der Waals surface area contributed by atoms with Gasteiger partial charge >= 0.3 is 0 Å². The molecule has 5 heteroatoms. The van der Waals surface area contributed by atoms with Gasteiger partial charge in [-0.25, -0.2) is 0 Å². The topological polar surface area (TPSA) is 66.6 Å². The molecule has 0 saturated carbocycles. The number of nitrogens with zero attached hydrogens (tertiary/aromatic N) is 1. The third-order valence-electron chi connectivity index (χ3n) is 3.90. The first-order valence-corrected chi connectivity index (χ1v) is 7.77. The van der Waals surface area contributed by atoms with E-state index >= 15 is 0 Å². The lowest BCUT2D eigenvalue weighted by Gasteiger charge is -2.33. The van der Waals surface area contributed by atoms with Crippen LogP contribution in [0.4, 0.5) is 5.69 Å². The van der Waals surface area contributed by atoms with Crippen molar-refractivity contribution < 1.29 is 9.90 Å². The maximum Gasteiger partial charge on any atom is 0.217 e. The second kappa shape index (κ2) is 6.59. The fourth-order valence-corrected chi connectivity index (χ4v) is 3.43. The number of carbonyl (C=O) groups excluding carboxylic acids is 1. The Bertz CT molecular complexity index is 483. The van der Waals surface area contributed by atoms with Crippen LogP contribution in [0.25, 0.3) is 0 Å². The number of benzene rings is 1. The fourth-order valence-electron chi connectivity index (χ4n) is 2.73. The van der Waals surface area contributed by atoms with Crippen molar-refractivity contribution in [3.8, 4) is 0 Å². The molecule has 0 radical (unpaired) electrons. The Hall–Kier alpha value is -1.07. The van der Waals surface area contributed by atoms with Gasteiger partial charge in [0.25, 0.3) is 0 Å². The summed E-state index contributed by atoms with van der Waals surface area (Å²) in [5.41, 5.74) is 7.30. The molecule has 20 heavy (non-hydrogen) atoms. The number of primary amides is 1. The summed E-state index contributed by atoms with van der Waals surface area (Å²) in [5.74, 6) is 0.219. The minimum absolute atomic E-state index is 0.201. The van der Waals surface area contributed by atoms with Crippen LogP contribution in [-0.4, -0.2) is 24.1 Å². The summed E-state index contributed by atoms with van der Waals surface area (Å²) in [6.45, 7) is 3.64. The van der Waals surface area contributed by atoms with Crippen molar-refractivity contribution in [1.82, 2.24) is 0 Å².